The quantitative estimate of drug-likeness (QED) is 0.623. The van der Waals surface area contributed by atoms with Crippen LogP contribution >= 0.6 is 0 Å². The van der Waals surface area contributed by atoms with Crippen molar-refractivity contribution in [3.05, 3.63) is 12.3 Å². The van der Waals surface area contributed by atoms with Gasteiger partial charge >= 0.3 is 8.80 Å². The molecular formula is C8H14O7Si. The van der Waals surface area contributed by atoms with E-state index in [9.17, 15) is 14.4 Å². The Morgan fingerprint density at radius 2 is 1.19 bits per heavy atom. The fraction of sp³-hybridized carbons (Fsp3) is 0.375. The van der Waals surface area contributed by atoms with Crippen LogP contribution in [0.5, 0.6) is 0 Å². The van der Waals surface area contributed by atoms with Crippen LogP contribution in [-0.4, -0.2) is 32.2 Å². The summed E-state index contributed by atoms with van der Waals surface area (Å²) in [7, 11) is -3.74. The maximum absolute atomic E-state index is 10.8. The molecule has 8 heteroatoms. The number of carbonyl (C=O) groups is 3. The minimum Gasteiger partial charge on any atom is -0.452 e. The van der Waals surface area contributed by atoms with Crippen LogP contribution in [0.1, 0.15) is 20.8 Å². The lowest BCUT2D eigenvalue weighted by Gasteiger charge is -2.22. The highest BCUT2D eigenvalue weighted by molar-refractivity contribution is 6.70. The van der Waals surface area contributed by atoms with Crippen LogP contribution in [0.25, 0.3) is 0 Å². The first-order chi connectivity index (χ1) is 6.81. The molecule has 0 saturated carbocycles. The van der Waals surface area contributed by atoms with Gasteiger partial charge in [0, 0.05) is 26.5 Å². The second-order valence-corrected chi connectivity index (χ2v) is 4.82. The van der Waals surface area contributed by atoms with E-state index in [4.69, 9.17) is 13.3 Å². The summed E-state index contributed by atoms with van der Waals surface area (Å²) in [6.45, 7) is 6.65. The summed E-state index contributed by atoms with van der Waals surface area (Å²) in [5, 5.41) is 0. The summed E-state index contributed by atoms with van der Waals surface area (Å²) in [5.41, 5.74) is 1.04. The Morgan fingerprint density at radius 1 is 0.938 bits per heavy atom. The van der Waals surface area contributed by atoms with Crippen molar-refractivity contribution in [2.75, 3.05) is 0 Å². The molecule has 0 fully saturated rings. The van der Waals surface area contributed by atoms with Gasteiger partial charge in [0.2, 0.25) is 0 Å². The van der Waals surface area contributed by atoms with Crippen LogP contribution in [0.15, 0.2) is 12.3 Å². The Morgan fingerprint density at radius 3 is 1.31 bits per heavy atom. The highest BCUT2D eigenvalue weighted by Gasteiger charge is 2.48. The van der Waals surface area contributed by atoms with Gasteiger partial charge in [0.25, 0.3) is 17.9 Å². The van der Waals surface area contributed by atoms with E-state index in [-0.39, 0.29) is 5.48 Å². The van der Waals surface area contributed by atoms with E-state index >= 15 is 0 Å². The van der Waals surface area contributed by atoms with E-state index in [0.717, 1.165) is 26.5 Å². The summed E-state index contributed by atoms with van der Waals surface area (Å²) in [6.07, 6.45) is 0. The molecule has 0 aliphatic carbocycles. The second-order valence-electron chi connectivity index (χ2n) is 2.59. The predicted molar refractivity (Wildman–Crippen MR) is 54.9 cm³/mol. The SMILES string of the molecule is C=C[Si](OC(C)=O)(OC(C)=O)OC(C)=O.O. The summed E-state index contributed by atoms with van der Waals surface area (Å²) in [6, 6.07) is 0. The van der Waals surface area contributed by atoms with Gasteiger partial charge in [-0.1, -0.05) is 6.58 Å². The average molecular weight is 250 g/mol. The summed E-state index contributed by atoms with van der Waals surface area (Å²) < 4.78 is 14.1. The van der Waals surface area contributed by atoms with Crippen LogP contribution in [0.2, 0.25) is 0 Å². The number of hydrogen-bond acceptors (Lipinski definition) is 6. The third kappa shape index (κ3) is 5.93. The molecule has 16 heavy (non-hydrogen) atoms. The zero-order valence-corrected chi connectivity index (χ0v) is 10.2. The van der Waals surface area contributed by atoms with Crippen LogP contribution in [0, 0.1) is 0 Å². The smallest absolute Gasteiger partial charge is 0.452 e. The maximum atomic E-state index is 10.8. The molecular weight excluding hydrogens is 236 g/mol. The van der Waals surface area contributed by atoms with E-state index in [1.54, 1.807) is 0 Å². The Kier molecular flexibility index (Phi) is 7.06. The largest absolute Gasteiger partial charge is 0.734 e. The molecule has 0 aromatic carbocycles. The molecule has 0 aliphatic rings. The zero-order chi connectivity index (χ0) is 12.1. The van der Waals surface area contributed by atoms with Gasteiger partial charge < -0.3 is 18.8 Å². The monoisotopic (exact) mass is 250 g/mol. The first-order valence-electron chi connectivity index (χ1n) is 4.03. The van der Waals surface area contributed by atoms with Gasteiger partial charge in [-0.05, 0) is 0 Å². The predicted octanol–water partition coefficient (Wildman–Crippen LogP) is -0.485. The van der Waals surface area contributed by atoms with Gasteiger partial charge in [-0.3, -0.25) is 14.4 Å². The second kappa shape index (κ2) is 6.75. The maximum Gasteiger partial charge on any atom is 0.734 e. The molecule has 0 aliphatic heterocycles. The molecule has 0 bridgehead atoms. The Balaban J connectivity index is 0. The molecule has 0 aromatic rings. The minimum absolute atomic E-state index is 0. The van der Waals surface area contributed by atoms with Crippen molar-refractivity contribution in [3.8, 4) is 0 Å². The molecule has 0 aromatic heterocycles. The normalized spacial score (nSPS) is 9.44. The molecule has 0 spiro atoms. The highest BCUT2D eigenvalue weighted by atomic mass is 28.4. The molecule has 7 nitrogen and oxygen atoms in total. The molecule has 0 heterocycles. The van der Waals surface area contributed by atoms with Crippen molar-refractivity contribution in [1.29, 1.82) is 0 Å². The molecule has 0 atom stereocenters. The average Bonchev–Trinajstić information content (AvgIpc) is 1.99. The van der Waals surface area contributed by atoms with Gasteiger partial charge in [-0.25, -0.2) is 0 Å². The molecule has 0 rings (SSSR count). The van der Waals surface area contributed by atoms with Crippen LogP contribution in [-0.2, 0) is 27.7 Å². The first kappa shape index (κ1) is 16.7. The third-order valence-electron chi connectivity index (χ3n) is 1.11. The topological polar surface area (TPSA) is 110 Å². The Labute approximate surface area is 93.7 Å². The number of rotatable bonds is 4. The molecule has 0 amide bonds. The minimum atomic E-state index is -3.74. The number of hydrogen-bond donors (Lipinski definition) is 0. The molecule has 0 saturated heterocycles. The van der Waals surface area contributed by atoms with Gasteiger partial charge in [0.15, 0.2) is 0 Å². The third-order valence-corrected chi connectivity index (χ3v) is 3.32. The first-order valence-corrected chi connectivity index (χ1v) is 5.84. The summed E-state index contributed by atoms with van der Waals surface area (Å²) in [4.78, 5) is 32.3. The molecule has 2 N–H and O–H groups in total. The lowest BCUT2D eigenvalue weighted by Crippen LogP contribution is -2.47. The highest BCUT2D eigenvalue weighted by Crippen LogP contribution is 2.12. The van der Waals surface area contributed by atoms with Crippen molar-refractivity contribution >= 4 is 26.7 Å². The van der Waals surface area contributed by atoms with Crippen molar-refractivity contribution in [1.82, 2.24) is 0 Å². The van der Waals surface area contributed by atoms with Gasteiger partial charge in [-0.15, -0.1) is 0 Å². The number of carbonyl (C=O) groups excluding carboxylic acids is 3. The Hall–Kier alpha value is -1.67. The van der Waals surface area contributed by atoms with E-state index in [1.807, 2.05) is 0 Å². The van der Waals surface area contributed by atoms with Crippen LogP contribution < -0.4 is 0 Å². The lowest BCUT2D eigenvalue weighted by molar-refractivity contribution is -0.146. The fourth-order valence-electron chi connectivity index (χ4n) is 0.789. The van der Waals surface area contributed by atoms with Crippen molar-refractivity contribution < 1.29 is 33.1 Å². The zero-order valence-electron chi connectivity index (χ0n) is 9.23. The lowest BCUT2D eigenvalue weighted by atomic mass is 10.9. The fourth-order valence-corrected chi connectivity index (χ4v) is 2.37. The van der Waals surface area contributed by atoms with Gasteiger partial charge in [0.1, 0.15) is 0 Å². The van der Waals surface area contributed by atoms with Crippen molar-refractivity contribution in [3.63, 3.8) is 0 Å². The van der Waals surface area contributed by atoms with E-state index in [1.165, 1.54) is 0 Å². The summed E-state index contributed by atoms with van der Waals surface area (Å²) in [5.74, 6) is -2.16. The van der Waals surface area contributed by atoms with Crippen LogP contribution in [0.4, 0.5) is 0 Å². The molecule has 0 unspecified atom stereocenters. The molecule has 92 valence electrons. The van der Waals surface area contributed by atoms with Crippen molar-refractivity contribution in [2.24, 2.45) is 0 Å². The summed E-state index contributed by atoms with van der Waals surface area (Å²) >= 11 is 0. The van der Waals surface area contributed by atoms with Crippen molar-refractivity contribution in [2.45, 2.75) is 20.8 Å². The van der Waals surface area contributed by atoms with Crippen LogP contribution in [0.3, 0.4) is 0 Å². The molecule has 0 radical (unpaired) electrons. The Bertz CT molecular complexity index is 258. The standard InChI is InChI=1S/C8H12O6Si.H2O/c1-5-15(12-6(2)9,13-7(3)10)14-8(4)11;/h5H,1H2,2-4H3;1H2. The van der Waals surface area contributed by atoms with Gasteiger partial charge in [0.05, 0.1) is 0 Å². The van der Waals surface area contributed by atoms with E-state index < -0.39 is 26.7 Å². The van der Waals surface area contributed by atoms with E-state index in [0.29, 0.717) is 0 Å². The van der Waals surface area contributed by atoms with Gasteiger partial charge in [-0.2, -0.15) is 0 Å². The van der Waals surface area contributed by atoms with E-state index in [2.05, 4.69) is 6.58 Å².